The molecular weight excluding hydrogens is 729 g/mol. The van der Waals surface area contributed by atoms with E-state index in [4.69, 9.17) is 20.2 Å². The summed E-state index contributed by atoms with van der Waals surface area (Å²) in [5, 5.41) is 3.12. The van der Waals surface area contributed by atoms with Crippen molar-refractivity contribution in [1.29, 1.82) is 0 Å². The van der Waals surface area contributed by atoms with Crippen LogP contribution in [-0.2, 0) is 24.4 Å². The number of rotatable bonds is 7. The summed E-state index contributed by atoms with van der Waals surface area (Å²) < 4.78 is 39.9. The number of hydrogen-bond donors (Lipinski definition) is 3. The van der Waals surface area contributed by atoms with Crippen LogP contribution in [0.3, 0.4) is 0 Å². The lowest BCUT2D eigenvalue weighted by Crippen LogP contribution is -2.57. The predicted molar refractivity (Wildman–Crippen MR) is 202 cm³/mol. The highest BCUT2D eigenvalue weighted by Gasteiger charge is 2.62. The largest absolute Gasteiger partial charge is 0.497 e. The zero-order chi connectivity index (χ0) is 35.0. The molecule has 4 N–H and O–H groups in total. The van der Waals surface area contributed by atoms with Crippen LogP contribution in [-0.4, -0.2) is 78.7 Å². The van der Waals surface area contributed by atoms with Gasteiger partial charge < -0.3 is 25.4 Å². The maximum Gasteiger partial charge on any atom is 0.259 e. The van der Waals surface area contributed by atoms with Gasteiger partial charge in [-0.3, -0.25) is 19.1 Å². The quantitative estimate of drug-likeness (QED) is 0.309. The van der Waals surface area contributed by atoms with Gasteiger partial charge in [0.05, 0.1) is 36.2 Å². The van der Waals surface area contributed by atoms with Crippen LogP contribution in [0.15, 0.2) is 54.6 Å². The van der Waals surface area contributed by atoms with Crippen molar-refractivity contribution in [2.45, 2.75) is 99.6 Å². The molecule has 52 heavy (non-hydrogen) atoms. The van der Waals surface area contributed by atoms with E-state index in [-0.39, 0.29) is 49.6 Å². The van der Waals surface area contributed by atoms with Crippen LogP contribution in [0.2, 0.25) is 0 Å². The summed E-state index contributed by atoms with van der Waals surface area (Å²) in [5.74, 6) is -0.554. The van der Waals surface area contributed by atoms with E-state index in [9.17, 15) is 22.8 Å². The Bertz CT molecular complexity index is 1900. The zero-order valence-corrected chi connectivity index (χ0v) is 31.6. The molecule has 12 nitrogen and oxygen atoms in total. The van der Waals surface area contributed by atoms with Crippen LogP contribution >= 0.6 is 24.8 Å². The standard InChI is InChI=1S/C37H45N5O7S.2ClH/c1-48-25-14-17-28-31(18-25)39-30(23-10-6-5-7-11-23)20-33(28)49-26-19-32-34(43)40-37(36(45)41-50(46,47)27-15-16-27)21-24(37)12-8-3-2-4-9-13-29(38)35(44)42(32)22-26;;/h5-7,10-11,14,17-18,20,24,26-27,29,32H,2-4,8-9,12-13,15-16,19,21-22,38H2,1H3,(H,40,43)(H,41,45);2*1H/t24?,26-,29+,32+,37-;;/m1../s1. The lowest BCUT2D eigenvalue weighted by Gasteiger charge is -2.28. The van der Waals surface area contributed by atoms with E-state index >= 15 is 0 Å². The van der Waals surface area contributed by atoms with Gasteiger partial charge in [-0.15, -0.1) is 24.8 Å². The second kappa shape index (κ2) is 16.2. The molecule has 4 fully saturated rings. The summed E-state index contributed by atoms with van der Waals surface area (Å²) in [6.45, 7) is 0.115. The number of carbonyl (C=O) groups excluding carboxylic acids is 3. The maximum absolute atomic E-state index is 14.2. The van der Waals surface area contributed by atoms with Gasteiger partial charge in [-0.25, -0.2) is 13.4 Å². The second-order valence-corrected chi connectivity index (χ2v) is 16.2. The first-order valence-corrected chi connectivity index (χ1v) is 19.3. The minimum absolute atomic E-state index is 0. The number of benzene rings is 2. The fourth-order valence-corrected chi connectivity index (χ4v) is 8.85. The summed E-state index contributed by atoms with van der Waals surface area (Å²) in [6, 6.07) is 15.4. The van der Waals surface area contributed by atoms with Gasteiger partial charge in [-0.1, -0.05) is 62.4 Å². The number of hydrogen-bond acceptors (Lipinski definition) is 9. The Morgan fingerprint density at radius 2 is 1.69 bits per heavy atom. The maximum atomic E-state index is 14.2. The number of aromatic nitrogens is 1. The summed E-state index contributed by atoms with van der Waals surface area (Å²) in [7, 11) is -2.23. The first-order valence-electron chi connectivity index (χ1n) is 17.7. The number of nitrogens with two attached hydrogens (primary N) is 1. The molecule has 0 bridgehead atoms. The Hall–Kier alpha value is -3.65. The molecule has 2 aromatic carbocycles. The summed E-state index contributed by atoms with van der Waals surface area (Å²) in [5.41, 5.74) is 7.35. The smallest absolute Gasteiger partial charge is 0.259 e. The van der Waals surface area contributed by atoms with E-state index in [1.807, 2.05) is 54.6 Å². The molecule has 2 saturated carbocycles. The monoisotopic (exact) mass is 775 g/mol. The molecule has 282 valence electrons. The highest BCUT2D eigenvalue weighted by atomic mass is 35.5. The minimum atomic E-state index is -3.82. The number of ether oxygens (including phenoxy) is 2. The van der Waals surface area contributed by atoms with Gasteiger partial charge in [-0.2, -0.15) is 0 Å². The van der Waals surface area contributed by atoms with E-state index in [0.29, 0.717) is 54.8 Å². The van der Waals surface area contributed by atoms with E-state index in [2.05, 4.69) is 10.0 Å². The number of fused-ring (bicyclic) bond motifs is 3. The van der Waals surface area contributed by atoms with Gasteiger partial charge in [0.15, 0.2) is 0 Å². The molecule has 7 rings (SSSR count). The molecule has 0 spiro atoms. The molecule has 0 radical (unpaired) electrons. The lowest BCUT2D eigenvalue weighted by molar-refractivity contribution is -0.140. The molecule has 3 heterocycles. The number of sulfonamides is 1. The van der Waals surface area contributed by atoms with E-state index in [1.54, 1.807) is 7.11 Å². The van der Waals surface area contributed by atoms with Gasteiger partial charge in [-0.05, 0) is 50.2 Å². The molecule has 3 amide bonds. The molecule has 3 aromatic rings. The van der Waals surface area contributed by atoms with Crippen LogP contribution in [0.5, 0.6) is 11.5 Å². The van der Waals surface area contributed by atoms with E-state index < -0.39 is 50.8 Å². The molecule has 4 aliphatic rings. The first-order chi connectivity index (χ1) is 24.1. The van der Waals surface area contributed by atoms with Crippen molar-refractivity contribution in [3.05, 3.63) is 54.6 Å². The van der Waals surface area contributed by atoms with Crippen molar-refractivity contribution >= 4 is 63.5 Å². The third-order valence-corrected chi connectivity index (χ3v) is 12.4. The summed E-state index contributed by atoms with van der Waals surface area (Å²) in [6.07, 6.45) is 6.64. The highest BCUT2D eigenvalue weighted by Crippen LogP contribution is 2.48. The number of nitrogens with one attached hydrogen (secondary N) is 2. The van der Waals surface area contributed by atoms with Crippen LogP contribution in [0.1, 0.15) is 70.6 Å². The Morgan fingerprint density at radius 1 is 0.981 bits per heavy atom. The molecule has 15 heteroatoms. The third kappa shape index (κ3) is 8.27. The summed E-state index contributed by atoms with van der Waals surface area (Å²) >= 11 is 0. The Balaban J connectivity index is 0.00000261. The number of methoxy groups -OCH3 is 1. The van der Waals surface area contributed by atoms with Crippen molar-refractivity contribution < 1.29 is 32.3 Å². The van der Waals surface area contributed by atoms with Crippen molar-refractivity contribution in [2.75, 3.05) is 13.7 Å². The van der Waals surface area contributed by atoms with Crippen LogP contribution < -0.4 is 25.2 Å². The van der Waals surface area contributed by atoms with Crippen LogP contribution in [0, 0.1) is 5.92 Å². The van der Waals surface area contributed by atoms with Gasteiger partial charge in [0.25, 0.3) is 5.91 Å². The Morgan fingerprint density at radius 3 is 2.40 bits per heavy atom. The van der Waals surface area contributed by atoms with Crippen molar-refractivity contribution in [3.63, 3.8) is 0 Å². The van der Waals surface area contributed by atoms with E-state index in [1.165, 1.54) is 4.90 Å². The lowest BCUT2D eigenvalue weighted by atomic mass is 10.0. The van der Waals surface area contributed by atoms with Crippen molar-refractivity contribution in [2.24, 2.45) is 11.7 Å². The van der Waals surface area contributed by atoms with Gasteiger partial charge >= 0.3 is 0 Å². The number of halogens is 2. The molecule has 1 unspecified atom stereocenters. The van der Waals surface area contributed by atoms with Gasteiger partial charge in [0.2, 0.25) is 21.8 Å². The zero-order valence-electron chi connectivity index (χ0n) is 29.1. The Kier molecular flexibility index (Phi) is 12.3. The third-order valence-electron chi connectivity index (χ3n) is 10.6. The fourth-order valence-electron chi connectivity index (χ4n) is 7.49. The van der Waals surface area contributed by atoms with E-state index in [0.717, 1.165) is 43.1 Å². The van der Waals surface area contributed by atoms with Crippen LogP contribution in [0.4, 0.5) is 0 Å². The number of pyridine rings is 1. The fraction of sp³-hybridized carbons (Fsp3) is 0.514. The van der Waals surface area contributed by atoms with Crippen LogP contribution in [0.25, 0.3) is 22.2 Å². The molecule has 2 saturated heterocycles. The number of carbonyl (C=O) groups is 3. The minimum Gasteiger partial charge on any atom is -0.497 e. The molecule has 2 aliphatic heterocycles. The first kappa shape index (κ1) is 39.6. The Labute approximate surface area is 316 Å². The second-order valence-electron chi connectivity index (χ2n) is 14.2. The summed E-state index contributed by atoms with van der Waals surface area (Å²) in [4.78, 5) is 48.1. The van der Waals surface area contributed by atoms with Gasteiger partial charge in [0, 0.05) is 29.5 Å². The topological polar surface area (TPSA) is 170 Å². The van der Waals surface area contributed by atoms with Gasteiger partial charge in [0.1, 0.15) is 29.2 Å². The predicted octanol–water partition coefficient (Wildman–Crippen LogP) is 4.66. The average molecular weight is 777 g/mol. The van der Waals surface area contributed by atoms with Crippen molar-refractivity contribution in [1.82, 2.24) is 19.9 Å². The molecule has 2 aliphatic carbocycles. The SMILES string of the molecule is COc1ccc2c(O[C@@H]3C[C@H]4C(=O)N[C@]5(C(=O)NS(=O)(=O)C6CC6)CC5CCCCCCC[C@H](N)C(=O)N4C3)cc(-c3ccccc3)nc2c1.Cl.Cl. The number of amides is 3. The molecule has 5 atom stereocenters. The highest BCUT2D eigenvalue weighted by molar-refractivity contribution is 7.91. The van der Waals surface area contributed by atoms with Crippen molar-refractivity contribution in [3.8, 4) is 22.8 Å². The normalized spacial score (nSPS) is 26.6. The molecular formula is C37H47Cl2N5O7S. The molecule has 1 aromatic heterocycles. The average Bonchev–Trinajstić information content (AvgIpc) is 4.04. The number of nitrogens with zero attached hydrogens (tertiary/aromatic N) is 2.